The molecule has 10 heteroatoms. The predicted octanol–water partition coefficient (Wildman–Crippen LogP) is 1.89. The minimum atomic E-state index is -3.27. The van der Waals surface area contributed by atoms with Crippen LogP contribution in [0.25, 0.3) is 0 Å². The molecule has 8 nitrogen and oxygen atoms in total. The van der Waals surface area contributed by atoms with Crippen molar-refractivity contribution in [3.05, 3.63) is 66.0 Å². The molecule has 0 radical (unpaired) electrons. The Bertz CT molecular complexity index is 1070. The molecule has 1 aromatic heterocycles. The van der Waals surface area contributed by atoms with Gasteiger partial charge in [0.15, 0.2) is 5.96 Å². The van der Waals surface area contributed by atoms with E-state index in [1.165, 1.54) is 6.07 Å². The summed E-state index contributed by atoms with van der Waals surface area (Å²) in [5.74, 6) is -0.103. The highest BCUT2D eigenvalue weighted by Crippen LogP contribution is 2.43. The second kappa shape index (κ2) is 9.52. The second-order valence-electron chi connectivity index (χ2n) is 7.76. The van der Waals surface area contributed by atoms with Gasteiger partial charge in [-0.05, 0) is 30.5 Å². The molecule has 2 aliphatic rings. The molecule has 0 saturated heterocycles. The summed E-state index contributed by atoms with van der Waals surface area (Å²) in [6.07, 6.45) is 10.7. The topological polar surface area (TPSA) is 122 Å². The fourth-order valence-corrected chi connectivity index (χ4v) is 4.00. The number of pyridine rings is 1. The van der Waals surface area contributed by atoms with Crippen LogP contribution in [0.4, 0.5) is 4.39 Å². The van der Waals surface area contributed by atoms with E-state index in [-0.39, 0.29) is 23.7 Å². The lowest BCUT2D eigenvalue weighted by Gasteiger charge is -2.41. The summed E-state index contributed by atoms with van der Waals surface area (Å²) < 4.78 is 39.1. The van der Waals surface area contributed by atoms with Crippen molar-refractivity contribution in [1.82, 2.24) is 15.0 Å². The number of hydrogen-bond acceptors (Lipinski definition) is 5. The van der Waals surface area contributed by atoms with Crippen molar-refractivity contribution < 1.29 is 12.8 Å². The predicted molar refractivity (Wildman–Crippen MR) is 121 cm³/mol. The zero-order chi connectivity index (χ0) is 22.5. The van der Waals surface area contributed by atoms with Crippen LogP contribution < -0.4 is 15.8 Å². The van der Waals surface area contributed by atoms with Gasteiger partial charge < -0.3 is 11.1 Å². The smallest absolute Gasteiger partial charge is 0.208 e. The minimum absolute atomic E-state index is 0.201. The maximum Gasteiger partial charge on any atom is 0.208 e. The largest absolute Gasteiger partial charge is 0.370 e. The van der Waals surface area contributed by atoms with Gasteiger partial charge in [0.2, 0.25) is 10.0 Å². The average molecular weight is 447 g/mol. The Morgan fingerprint density at radius 3 is 2.84 bits per heavy atom. The first kappa shape index (κ1) is 22.8. The molecule has 166 valence electrons. The molecule has 3 rings (SSSR count). The van der Waals surface area contributed by atoms with Crippen LogP contribution in [0.3, 0.4) is 0 Å². The first-order chi connectivity index (χ1) is 14.7. The maximum absolute atomic E-state index is 14.2. The van der Waals surface area contributed by atoms with Crippen molar-refractivity contribution in [2.75, 3.05) is 19.3 Å². The Morgan fingerprint density at radius 2 is 2.23 bits per heavy atom. The normalized spacial score (nSPS) is 18.8. The van der Waals surface area contributed by atoms with Crippen LogP contribution >= 0.6 is 0 Å². The van der Waals surface area contributed by atoms with Gasteiger partial charge in [0, 0.05) is 49.1 Å². The molecule has 1 aromatic rings. The van der Waals surface area contributed by atoms with E-state index in [4.69, 9.17) is 5.73 Å². The molecular formula is C21H27FN6O2S. The summed E-state index contributed by atoms with van der Waals surface area (Å²) in [5, 5.41) is 3.08. The first-order valence-corrected chi connectivity index (χ1v) is 11.8. The van der Waals surface area contributed by atoms with Crippen LogP contribution in [-0.4, -0.2) is 44.4 Å². The number of rotatable bonds is 9. The second-order valence-corrected chi connectivity index (χ2v) is 9.59. The Hall–Kier alpha value is -2.85. The highest BCUT2D eigenvalue weighted by Gasteiger charge is 2.41. The fraction of sp³-hybridized carbons (Fsp3) is 0.381. The molecule has 0 amide bonds. The van der Waals surface area contributed by atoms with Crippen molar-refractivity contribution in [3.63, 3.8) is 0 Å². The first-order valence-electron chi connectivity index (χ1n) is 9.93. The van der Waals surface area contributed by atoms with Gasteiger partial charge in [-0.1, -0.05) is 19.1 Å². The van der Waals surface area contributed by atoms with Gasteiger partial charge in [-0.2, -0.15) is 0 Å². The zero-order valence-electron chi connectivity index (χ0n) is 17.4. The molecule has 0 unspecified atom stereocenters. The molecule has 4 N–H and O–H groups in total. The van der Waals surface area contributed by atoms with Crippen LogP contribution in [0, 0.1) is 5.82 Å². The Kier molecular flexibility index (Phi) is 7.01. The number of halogens is 1. The van der Waals surface area contributed by atoms with Gasteiger partial charge in [0.25, 0.3) is 0 Å². The van der Waals surface area contributed by atoms with Crippen molar-refractivity contribution in [2.45, 2.75) is 31.1 Å². The van der Waals surface area contributed by atoms with E-state index in [0.29, 0.717) is 24.2 Å². The number of guanidine groups is 1. The van der Waals surface area contributed by atoms with Gasteiger partial charge in [-0.3, -0.25) is 9.98 Å². The van der Waals surface area contributed by atoms with Gasteiger partial charge in [0.1, 0.15) is 5.82 Å². The van der Waals surface area contributed by atoms with Gasteiger partial charge in [-0.15, -0.1) is 0 Å². The molecule has 0 spiro atoms. The highest BCUT2D eigenvalue weighted by molar-refractivity contribution is 7.88. The summed E-state index contributed by atoms with van der Waals surface area (Å²) in [6.45, 7) is 4.43. The number of aromatic nitrogens is 1. The average Bonchev–Trinajstić information content (AvgIpc) is 3.16. The number of sulfonamides is 1. The van der Waals surface area contributed by atoms with E-state index in [1.807, 2.05) is 0 Å². The Labute approximate surface area is 182 Å². The maximum atomic E-state index is 14.2. The standard InChI is InChI=1S/C21H27FN6O2S/c1-3-16(18-10-15(11-25-18)12-28-31(2,29)30)13-26-20(23)27-14-21(7-5-8-21)19-17(22)6-4-9-24-19/h3-4,6,9,11,13,28H,1,5,7-8,10,12,14H2,2H3,(H3,23,26,27)/b16-13+. The van der Waals surface area contributed by atoms with Crippen LogP contribution in [0.5, 0.6) is 0 Å². The molecule has 2 heterocycles. The number of hydrogen-bond donors (Lipinski definition) is 3. The van der Waals surface area contributed by atoms with Gasteiger partial charge in [0.05, 0.1) is 17.7 Å². The number of aliphatic imine (C=N–C) groups is 2. The van der Waals surface area contributed by atoms with Gasteiger partial charge >= 0.3 is 0 Å². The SMILES string of the molecule is C=C/C(=C\N=C(/N)NCC1(c2ncccc2F)CCC1)C1=NC=C(CNS(C)(=O)=O)C1. The van der Waals surface area contributed by atoms with E-state index < -0.39 is 10.0 Å². The molecular weight excluding hydrogens is 419 g/mol. The van der Waals surface area contributed by atoms with Crippen LogP contribution in [0.15, 0.2) is 64.5 Å². The Balaban J connectivity index is 1.60. The van der Waals surface area contributed by atoms with Crippen LogP contribution in [0.2, 0.25) is 0 Å². The van der Waals surface area contributed by atoms with Crippen molar-refractivity contribution in [2.24, 2.45) is 15.7 Å². The van der Waals surface area contributed by atoms with Gasteiger partial charge in [-0.25, -0.2) is 22.5 Å². The molecule has 1 fully saturated rings. The molecule has 1 saturated carbocycles. The third-order valence-corrected chi connectivity index (χ3v) is 6.10. The van der Waals surface area contributed by atoms with Crippen molar-refractivity contribution in [3.8, 4) is 0 Å². The highest BCUT2D eigenvalue weighted by atomic mass is 32.2. The molecule has 1 aliphatic carbocycles. The third-order valence-electron chi connectivity index (χ3n) is 5.43. The number of nitrogens with one attached hydrogen (secondary N) is 2. The monoisotopic (exact) mass is 446 g/mol. The number of nitrogens with two attached hydrogens (primary N) is 1. The van der Waals surface area contributed by atoms with E-state index in [1.54, 1.807) is 30.7 Å². The summed E-state index contributed by atoms with van der Waals surface area (Å²) in [5.41, 5.74) is 8.35. The third kappa shape index (κ3) is 5.86. The minimum Gasteiger partial charge on any atom is -0.370 e. The molecule has 31 heavy (non-hydrogen) atoms. The lowest BCUT2D eigenvalue weighted by molar-refractivity contribution is 0.228. The van der Waals surface area contributed by atoms with E-state index in [0.717, 1.165) is 36.8 Å². The van der Waals surface area contributed by atoms with Crippen LogP contribution in [-0.2, 0) is 15.4 Å². The van der Waals surface area contributed by atoms with Crippen LogP contribution in [0.1, 0.15) is 31.4 Å². The summed E-state index contributed by atoms with van der Waals surface area (Å²) >= 11 is 0. The van der Waals surface area contributed by atoms with E-state index in [2.05, 4.69) is 31.6 Å². The van der Waals surface area contributed by atoms with E-state index >= 15 is 0 Å². The molecule has 1 aliphatic heterocycles. The molecule has 0 bridgehead atoms. The molecule has 0 aromatic carbocycles. The molecule has 0 atom stereocenters. The van der Waals surface area contributed by atoms with E-state index in [9.17, 15) is 12.8 Å². The van der Waals surface area contributed by atoms with Crippen molar-refractivity contribution >= 4 is 21.7 Å². The number of nitrogens with zero attached hydrogens (tertiary/aromatic N) is 3. The number of allylic oxidation sites excluding steroid dienone is 2. The summed E-state index contributed by atoms with van der Waals surface area (Å²) in [7, 11) is -3.27. The Morgan fingerprint density at radius 1 is 1.45 bits per heavy atom. The zero-order valence-corrected chi connectivity index (χ0v) is 18.3. The lowest BCUT2D eigenvalue weighted by Crippen LogP contribution is -2.48. The lowest BCUT2D eigenvalue weighted by atomic mass is 9.66. The fourth-order valence-electron chi connectivity index (χ4n) is 3.55. The quantitative estimate of drug-likeness (QED) is 0.304. The summed E-state index contributed by atoms with van der Waals surface area (Å²) in [6, 6.07) is 3.01. The van der Waals surface area contributed by atoms with Crippen molar-refractivity contribution in [1.29, 1.82) is 0 Å². The summed E-state index contributed by atoms with van der Waals surface area (Å²) in [4.78, 5) is 12.8.